The van der Waals surface area contributed by atoms with Gasteiger partial charge in [0.2, 0.25) is 0 Å². The molecule has 1 saturated heterocycles. The first kappa shape index (κ1) is 19.8. The number of benzene rings is 1. The van der Waals surface area contributed by atoms with Crippen LogP contribution in [0.1, 0.15) is 45.7 Å². The molecule has 3 amide bonds. The number of rotatable bonds is 5. The van der Waals surface area contributed by atoms with E-state index in [0.29, 0.717) is 17.7 Å². The SMILES string of the molecule is O=C(CN(C(=O)c1ccccc1Cl)N1C(=O)[C@H]2CCCC[C@@H]2C1=O)c1cccs1. The summed E-state index contributed by atoms with van der Waals surface area (Å²) in [7, 11) is 0. The minimum Gasteiger partial charge on any atom is -0.291 e. The Morgan fingerprint density at radius 1 is 1.03 bits per heavy atom. The van der Waals surface area contributed by atoms with Crippen LogP contribution in [0.5, 0.6) is 0 Å². The number of halogens is 1. The van der Waals surface area contributed by atoms with Gasteiger partial charge in [0.05, 0.1) is 27.3 Å². The summed E-state index contributed by atoms with van der Waals surface area (Å²) < 4.78 is 0. The van der Waals surface area contributed by atoms with Crippen LogP contribution in [-0.2, 0) is 9.59 Å². The Labute approximate surface area is 177 Å². The number of amides is 3. The van der Waals surface area contributed by atoms with Crippen LogP contribution in [-0.4, -0.2) is 40.1 Å². The minimum atomic E-state index is -0.638. The molecule has 0 radical (unpaired) electrons. The van der Waals surface area contributed by atoms with E-state index in [1.165, 1.54) is 17.4 Å². The van der Waals surface area contributed by atoms with Crippen molar-refractivity contribution in [3.8, 4) is 0 Å². The second-order valence-electron chi connectivity index (χ2n) is 7.23. The molecule has 4 rings (SSSR count). The Kier molecular flexibility index (Phi) is 5.52. The number of hydrogen-bond donors (Lipinski definition) is 0. The lowest BCUT2D eigenvalue weighted by Crippen LogP contribution is -2.52. The van der Waals surface area contributed by atoms with Gasteiger partial charge >= 0.3 is 0 Å². The largest absolute Gasteiger partial charge is 0.291 e. The van der Waals surface area contributed by atoms with Gasteiger partial charge in [-0.05, 0) is 36.4 Å². The fourth-order valence-corrected chi connectivity index (χ4v) is 4.91. The molecule has 6 nitrogen and oxygen atoms in total. The van der Waals surface area contributed by atoms with E-state index in [2.05, 4.69) is 0 Å². The molecule has 0 unspecified atom stereocenters. The number of carbonyl (C=O) groups excluding carboxylic acids is 4. The lowest BCUT2D eigenvalue weighted by atomic mass is 9.81. The highest BCUT2D eigenvalue weighted by atomic mass is 35.5. The van der Waals surface area contributed by atoms with Gasteiger partial charge in [-0.2, -0.15) is 5.01 Å². The summed E-state index contributed by atoms with van der Waals surface area (Å²) in [4.78, 5) is 52.6. The highest BCUT2D eigenvalue weighted by Crippen LogP contribution is 2.39. The van der Waals surface area contributed by atoms with Gasteiger partial charge in [0.15, 0.2) is 5.78 Å². The molecule has 0 bridgehead atoms. The monoisotopic (exact) mass is 430 g/mol. The van der Waals surface area contributed by atoms with Gasteiger partial charge in [0.25, 0.3) is 17.7 Å². The molecule has 1 aromatic heterocycles. The zero-order chi connectivity index (χ0) is 20.5. The average molecular weight is 431 g/mol. The Morgan fingerprint density at radius 3 is 2.28 bits per heavy atom. The van der Waals surface area contributed by atoms with Gasteiger partial charge < -0.3 is 0 Å². The lowest BCUT2D eigenvalue weighted by Gasteiger charge is -2.30. The van der Waals surface area contributed by atoms with E-state index in [0.717, 1.165) is 22.9 Å². The van der Waals surface area contributed by atoms with Gasteiger partial charge in [-0.25, -0.2) is 5.01 Å². The van der Waals surface area contributed by atoms with Crippen LogP contribution in [0.2, 0.25) is 5.02 Å². The van der Waals surface area contributed by atoms with E-state index < -0.39 is 36.1 Å². The number of carbonyl (C=O) groups is 4. The number of hydrogen-bond acceptors (Lipinski definition) is 5. The van der Waals surface area contributed by atoms with Gasteiger partial charge in [0.1, 0.15) is 6.54 Å². The summed E-state index contributed by atoms with van der Waals surface area (Å²) in [5.41, 5.74) is 0.142. The quantitative estimate of drug-likeness (QED) is 0.534. The highest BCUT2D eigenvalue weighted by Gasteiger charge is 2.51. The smallest absolute Gasteiger partial charge is 0.274 e. The molecular formula is C21H19ClN2O4S. The van der Waals surface area contributed by atoms with Crippen LogP contribution >= 0.6 is 22.9 Å². The van der Waals surface area contributed by atoms with E-state index in [1.54, 1.807) is 35.7 Å². The van der Waals surface area contributed by atoms with Crippen molar-refractivity contribution in [1.29, 1.82) is 0 Å². The van der Waals surface area contributed by atoms with Crippen molar-refractivity contribution < 1.29 is 19.2 Å². The second-order valence-corrected chi connectivity index (χ2v) is 8.58. The third-order valence-electron chi connectivity index (χ3n) is 5.49. The first-order chi connectivity index (χ1) is 14.0. The van der Waals surface area contributed by atoms with Crippen LogP contribution < -0.4 is 0 Å². The Bertz CT molecular complexity index is 951. The van der Waals surface area contributed by atoms with Crippen LogP contribution in [0.15, 0.2) is 41.8 Å². The maximum atomic E-state index is 13.3. The molecule has 8 heteroatoms. The third-order valence-corrected chi connectivity index (χ3v) is 6.73. The molecule has 2 atom stereocenters. The maximum absolute atomic E-state index is 13.3. The van der Waals surface area contributed by atoms with E-state index >= 15 is 0 Å². The van der Waals surface area contributed by atoms with E-state index in [1.807, 2.05) is 0 Å². The predicted molar refractivity (Wildman–Crippen MR) is 108 cm³/mol. The van der Waals surface area contributed by atoms with Crippen LogP contribution in [0.4, 0.5) is 0 Å². The molecular weight excluding hydrogens is 412 g/mol. The average Bonchev–Trinajstić information content (AvgIpc) is 3.35. The van der Waals surface area contributed by atoms with E-state index in [4.69, 9.17) is 11.6 Å². The zero-order valence-electron chi connectivity index (χ0n) is 15.5. The molecule has 1 saturated carbocycles. The number of imide groups is 1. The topological polar surface area (TPSA) is 74.8 Å². The van der Waals surface area contributed by atoms with Crippen molar-refractivity contribution in [3.05, 3.63) is 57.2 Å². The number of thiophene rings is 1. The first-order valence-electron chi connectivity index (χ1n) is 9.50. The third kappa shape index (κ3) is 3.60. The molecule has 2 aliphatic rings. The second kappa shape index (κ2) is 8.08. The fourth-order valence-electron chi connectivity index (χ4n) is 4.04. The van der Waals surface area contributed by atoms with Crippen molar-refractivity contribution in [3.63, 3.8) is 0 Å². The fraction of sp³-hybridized carbons (Fsp3) is 0.333. The van der Waals surface area contributed by atoms with Crippen LogP contribution in [0.25, 0.3) is 0 Å². The van der Waals surface area contributed by atoms with Crippen molar-refractivity contribution in [2.24, 2.45) is 11.8 Å². The molecule has 29 heavy (non-hydrogen) atoms. The van der Waals surface area contributed by atoms with Gasteiger partial charge in [0, 0.05) is 0 Å². The predicted octanol–water partition coefficient (Wildman–Crippen LogP) is 3.82. The number of nitrogens with zero attached hydrogens (tertiary/aromatic N) is 2. The van der Waals surface area contributed by atoms with E-state index in [9.17, 15) is 19.2 Å². The highest BCUT2D eigenvalue weighted by molar-refractivity contribution is 7.12. The normalized spacial score (nSPS) is 21.2. The molecule has 1 aliphatic heterocycles. The van der Waals surface area contributed by atoms with Crippen molar-refractivity contribution in [2.45, 2.75) is 25.7 Å². The summed E-state index contributed by atoms with van der Waals surface area (Å²) >= 11 is 7.43. The van der Waals surface area contributed by atoms with Crippen molar-refractivity contribution in [1.82, 2.24) is 10.0 Å². The number of fused-ring (bicyclic) bond motifs is 1. The van der Waals surface area contributed by atoms with Crippen molar-refractivity contribution in [2.75, 3.05) is 6.54 Å². The Hall–Kier alpha value is -2.51. The van der Waals surface area contributed by atoms with Crippen molar-refractivity contribution >= 4 is 46.4 Å². The number of hydrazine groups is 1. The zero-order valence-corrected chi connectivity index (χ0v) is 17.1. The van der Waals surface area contributed by atoms with Gasteiger partial charge in [-0.1, -0.05) is 42.6 Å². The van der Waals surface area contributed by atoms with Gasteiger partial charge in [-0.15, -0.1) is 11.3 Å². The first-order valence-corrected chi connectivity index (χ1v) is 10.8. The molecule has 1 aliphatic carbocycles. The molecule has 2 aromatic rings. The van der Waals surface area contributed by atoms with E-state index in [-0.39, 0.29) is 16.4 Å². The van der Waals surface area contributed by atoms with Crippen LogP contribution in [0.3, 0.4) is 0 Å². The maximum Gasteiger partial charge on any atom is 0.274 e. The molecule has 0 N–H and O–H groups in total. The number of Topliss-reactive ketones (excluding diaryl/α,β-unsaturated/α-hetero) is 1. The molecule has 0 spiro atoms. The Balaban J connectivity index is 1.71. The summed E-state index contributed by atoms with van der Waals surface area (Å²) in [6.07, 6.45) is 3.00. The molecule has 2 fully saturated rings. The molecule has 1 aromatic carbocycles. The molecule has 150 valence electrons. The standard InChI is InChI=1S/C21H19ClN2O4S/c22-16-9-4-3-8-15(16)19(26)23(12-17(25)18-10-5-11-29-18)24-20(27)13-6-1-2-7-14(13)21(24)28/h3-5,8-11,13-14H,1-2,6-7,12H2/t13-,14-/m0/s1. The van der Waals surface area contributed by atoms with Crippen LogP contribution in [0, 0.1) is 11.8 Å². The summed E-state index contributed by atoms with van der Waals surface area (Å²) in [6, 6.07) is 9.79. The number of ketones is 1. The molecule has 2 heterocycles. The lowest BCUT2D eigenvalue weighted by molar-refractivity contribution is -0.154. The minimum absolute atomic E-state index is 0.142. The Morgan fingerprint density at radius 2 is 1.69 bits per heavy atom. The summed E-state index contributed by atoms with van der Waals surface area (Å²) in [5, 5.41) is 3.83. The summed E-state index contributed by atoms with van der Waals surface area (Å²) in [5.74, 6) is -2.63. The summed E-state index contributed by atoms with van der Waals surface area (Å²) in [6.45, 7) is -0.401. The van der Waals surface area contributed by atoms with Gasteiger partial charge in [-0.3, -0.25) is 19.2 Å².